The number of nitrogens with zero attached hydrogens (tertiary/aromatic N) is 4. The van der Waals surface area contributed by atoms with E-state index in [1.54, 1.807) is 18.6 Å². The van der Waals surface area contributed by atoms with Crippen molar-refractivity contribution in [3.05, 3.63) is 72.3 Å². The van der Waals surface area contributed by atoms with Crippen LogP contribution in [0.5, 0.6) is 5.75 Å². The van der Waals surface area contributed by atoms with Gasteiger partial charge < -0.3 is 10.4 Å². The number of carbonyl (C=O) groups excluding carboxylic acids is 1. The Morgan fingerprint density at radius 2 is 1.75 bits per heavy atom. The second-order valence-electron chi connectivity index (χ2n) is 10.1. The Morgan fingerprint density at radius 3 is 2.42 bits per heavy atom. The number of carbonyl (C=O) groups is 1. The lowest BCUT2D eigenvalue weighted by molar-refractivity contribution is -0.00562. The Bertz CT molecular complexity index is 1420. The Hall–Kier alpha value is -3.88. The molecule has 36 heavy (non-hydrogen) atoms. The molecule has 0 atom stereocenters. The van der Waals surface area contributed by atoms with Crippen molar-refractivity contribution in [2.75, 3.05) is 6.54 Å². The molecular weight excluding hydrogens is 464 g/mol. The van der Waals surface area contributed by atoms with Crippen molar-refractivity contribution in [2.45, 2.75) is 44.1 Å². The number of phenols is 1. The molecule has 3 fully saturated rings. The summed E-state index contributed by atoms with van der Waals surface area (Å²) in [6.45, 7) is 0.453. The number of aromatic hydroxyl groups is 1. The van der Waals surface area contributed by atoms with Gasteiger partial charge in [-0.15, -0.1) is 0 Å². The molecule has 9 heteroatoms. The van der Waals surface area contributed by atoms with Gasteiger partial charge in [0.15, 0.2) is 17.4 Å². The Morgan fingerprint density at radius 1 is 1.03 bits per heavy atom. The van der Waals surface area contributed by atoms with E-state index in [9.17, 15) is 18.7 Å². The minimum atomic E-state index is -1.14. The van der Waals surface area contributed by atoms with E-state index in [0.29, 0.717) is 6.54 Å². The number of hydrogen-bond acceptors (Lipinski definition) is 5. The number of phenolic OH excluding ortho intramolecular Hbond substituents is 1. The van der Waals surface area contributed by atoms with Gasteiger partial charge in [-0.1, -0.05) is 12.1 Å². The van der Waals surface area contributed by atoms with Crippen LogP contribution in [-0.2, 0) is 5.54 Å². The van der Waals surface area contributed by atoms with Crippen LogP contribution in [0.15, 0.2) is 55.1 Å². The number of hydrogen-bond donors (Lipinski definition) is 2. The third-order valence-corrected chi connectivity index (χ3v) is 8.12. The van der Waals surface area contributed by atoms with Crippen LogP contribution >= 0.6 is 0 Å². The van der Waals surface area contributed by atoms with Crippen molar-refractivity contribution >= 4 is 16.8 Å². The van der Waals surface area contributed by atoms with Gasteiger partial charge in [0.2, 0.25) is 0 Å². The van der Waals surface area contributed by atoms with Crippen molar-refractivity contribution in [3.63, 3.8) is 0 Å². The van der Waals surface area contributed by atoms with Crippen LogP contribution in [0, 0.1) is 17.0 Å². The summed E-state index contributed by atoms with van der Waals surface area (Å²) in [5.41, 5.74) is 2.51. The van der Waals surface area contributed by atoms with Crippen molar-refractivity contribution in [1.29, 1.82) is 0 Å². The van der Waals surface area contributed by atoms with Crippen molar-refractivity contribution in [2.24, 2.45) is 5.41 Å². The standard InChI is InChI=1S/C27H25F2N5O2/c28-20-11-19(12-21(29)24(20)35)25(36)32-16-26-3-6-27(7-4-26,8-5-26)34-15-18-2-1-17(13-22(18)33-34)23-14-30-9-10-31-23/h1-2,9-15,35H,3-8,16H2,(H,32,36)/t26-,27+. The number of nitrogens with one attached hydrogen (secondary N) is 1. The first-order chi connectivity index (χ1) is 17.4. The molecule has 184 valence electrons. The topological polar surface area (TPSA) is 92.9 Å². The minimum Gasteiger partial charge on any atom is -0.503 e. The lowest BCUT2D eigenvalue weighted by atomic mass is 9.57. The molecule has 2 aromatic carbocycles. The number of aromatic nitrogens is 4. The van der Waals surface area contributed by atoms with E-state index in [0.717, 1.165) is 72.8 Å². The maximum atomic E-state index is 13.6. The highest BCUT2D eigenvalue weighted by atomic mass is 19.1. The van der Waals surface area contributed by atoms with E-state index in [4.69, 9.17) is 5.10 Å². The largest absolute Gasteiger partial charge is 0.503 e. The van der Waals surface area contributed by atoms with Gasteiger partial charge in [-0.25, -0.2) is 8.78 Å². The molecule has 3 aliphatic rings. The molecule has 2 N–H and O–H groups in total. The van der Waals surface area contributed by atoms with Gasteiger partial charge in [0.25, 0.3) is 5.91 Å². The van der Waals surface area contributed by atoms with Gasteiger partial charge in [-0.2, -0.15) is 5.10 Å². The maximum absolute atomic E-state index is 13.6. The van der Waals surface area contributed by atoms with Crippen LogP contribution in [0.1, 0.15) is 48.9 Å². The first-order valence-corrected chi connectivity index (χ1v) is 12.1. The Balaban J connectivity index is 1.15. The molecule has 2 aromatic heterocycles. The van der Waals surface area contributed by atoms with Crippen LogP contribution in [0.4, 0.5) is 8.78 Å². The van der Waals surface area contributed by atoms with Gasteiger partial charge in [-0.05, 0) is 62.1 Å². The van der Waals surface area contributed by atoms with Crippen LogP contribution in [0.3, 0.4) is 0 Å². The van der Waals surface area contributed by atoms with E-state index >= 15 is 0 Å². The summed E-state index contributed by atoms with van der Waals surface area (Å²) in [5.74, 6) is -3.90. The quantitative estimate of drug-likeness (QED) is 0.414. The van der Waals surface area contributed by atoms with E-state index in [2.05, 4.69) is 32.2 Å². The molecule has 2 bridgehead atoms. The molecule has 3 saturated carbocycles. The lowest BCUT2D eigenvalue weighted by Crippen LogP contribution is -2.51. The van der Waals surface area contributed by atoms with E-state index < -0.39 is 23.3 Å². The van der Waals surface area contributed by atoms with Crippen LogP contribution in [0.2, 0.25) is 0 Å². The van der Waals surface area contributed by atoms with Gasteiger partial charge in [-0.3, -0.25) is 19.4 Å². The Labute approximate surface area is 206 Å². The highest BCUT2D eigenvalue weighted by Gasteiger charge is 2.50. The number of halogens is 2. The molecule has 0 aliphatic heterocycles. The number of fused-ring (bicyclic) bond motifs is 4. The summed E-state index contributed by atoms with van der Waals surface area (Å²) in [7, 11) is 0. The average molecular weight is 490 g/mol. The summed E-state index contributed by atoms with van der Waals surface area (Å²) in [6, 6.07) is 7.87. The predicted octanol–water partition coefficient (Wildman–Crippen LogP) is 4.96. The van der Waals surface area contributed by atoms with Gasteiger partial charge in [0, 0.05) is 41.6 Å². The fourth-order valence-electron chi connectivity index (χ4n) is 5.79. The molecule has 1 amide bonds. The SMILES string of the molecule is O=C(NC[C@]12CC[C@](n3cc4ccc(-c5cnccn5)cc4n3)(CC1)CC2)c1cc(F)c(O)c(F)c1. The first kappa shape index (κ1) is 22.6. The molecule has 7 rings (SSSR count). The van der Waals surface area contributed by atoms with Crippen molar-refractivity contribution in [3.8, 4) is 17.0 Å². The molecule has 0 spiro atoms. The molecular formula is C27H25F2N5O2. The van der Waals surface area contributed by atoms with Crippen molar-refractivity contribution in [1.82, 2.24) is 25.1 Å². The summed E-state index contributed by atoms with van der Waals surface area (Å²) in [4.78, 5) is 21.1. The second-order valence-corrected chi connectivity index (χ2v) is 10.1. The van der Waals surface area contributed by atoms with Gasteiger partial charge in [0.1, 0.15) is 0 Å². The average Bonchev–Trinajstić information content (AvgIpc) is 3.36. The maximum Gasteiger partial charge on any atom is 0.251 e. The number of rotatable bonds is 5. The molecule has 0 radical (unpaired) electrons. The molecule has 0 unspecified atom stereocenters. The molecule has 4 aromatic rings. The minimum absolute atomic E-state index is 0.0306. The van der Waals surface area contributed by atoms with E-state index in [1.807, 2.05) is 12.1 Å². The van der Waals surface area contributed by atoms with Crippen LogP contribution in [-0.4, -0.2) is 37.3 Å². The number of benzene rings is 2. The monoisotopic (exact) mass is 489 g/mol. The summed E-state index contributed by atoms with van der Waals surface area (Å²) >= 11 is 0. The zero-order valence-electron chi connectivity index (χ0n) is 19.5. The first-order valence-electron chi connectivity index (χ1n) is 12.1. The molecule has 2 heterocycles. The summed E-state index contributed by atoms with van der Waals surface area (Å²) in [5, 5.41) is 18.2. The predicted molar refractivity (Wildman–Crippen MR) is 129 cm³/mol. The van der Waals surface area contributed by atoms with Gasteiger partial charge in [0.05, 0.1) is 22.9 Å². The summed E-state index contributed by atoms with van der Waals surface area (Å²) < 4.78 is 29.4. The molecule has 3 aliphatic carbocycles. The molecule has 7 nitrogen and oxygen atoms in total. The van der Waals surface area contributed by atoms with Crippen LogP contribution in [0.25, 0.3) is 22.2 Å². The zero-order chi connectivity index (χ0) is 24.9. The van der Waals surface area contributed by atoms with E-state index in [-0.39, 0.29) is 16.5 Å². The van der Waals surface area contributed by atoms with E-state index in [1.165, 1.54) is 0 Å². The highest BCUT2D eigenvalue weighted by molar-refractivity contribution is 5.94. The smallest absolute Gasteiger partial charge is 0.251 e. The fraction of sp³-hybridized carbons (Fsp3) is 0.333. The second kappa shape index (κ2) is 8.36. The fourth-order valence-corrected chi connectivity index (χ4v) is 5.79. The number of amides is 1. The van der Waals surface area contributed by atoms with Crippen molar-refractivity contribution < 1.29 is 18.7 Å². The Kier molecular flexibility index (Phi) is 5.24. The van der Waals surface area contributed by atoms with Crippen LogP contribution < -0.4 is 5.32 Å². The normalized spacial score (nSPS) is 23.2. The lowest BCUT2D eigenvalue weighted by Gasteiger charge is -2.53. The zero-order valence-corrected chi connectivity index (χ0v) is 19.5. The third-order valence-electron chi connectivity index (χ3n) is 8.12. The summed E-state index contributed by atoms with van der Waals surface area (Å²) in [6.07, 6.45) is 12.9. The van der Waals surface area contributed by atoms with Gasteiger partial charge >= 0.3 is 0 Å². The third kappa shape index (κ3) is 3.79. The molecule has 0 saturated heterocycles. The highest BCUT2D eigenvalue weighted by Crippen LogP contribution is 2.55.